The van der Waals surface area contributed by atoms with Gasteiger partial charge in [0.25, 0.3) is 5.91 Å². The standard InChI is InChI=1S/C10H13NO2/c1-10(2)5-8-7(3-4-13-8)9(12)11-6-10/h3-4H,5-6H2,1-2H3,(H,11,12). The van der Waals surface area contributed by atoms with Crippen molar-refractivity contribution in [1.29, 1.82) is 0 Å². The third kappa shape index (κ3) is 1.46. The monoisotopic (exact) mass is 179 g/mol. The van der Waals surface area contributed by atoms with E-state index in [2.05, 4.69) is 19.2 Å². The predicted octanol–water partition coefficient (Wildman–Crippen LogP) is 1.59. The van der Waals surface area contributed by atoms with Gasteiger partial charge in [0.1, 0.15) is 5.76 Å². The summed E-state index contributed by atoms with van der Waals surface area (Å²) in [6.45, 7) is 4.94. The molecule has 0 saturated heterocycles. The van der Waals surface area contributed by atoms with E-state index in [0.717, 1.165) is 12.2 Å². The zero-order chi connectivity index (χ0) is 9.47. The topological polar surface area (TPSA) is 42.2 Å². The van der Waals surface area contributed by atoms with Gasteiger partial charge in [0.05, 0.1) is 11.8 Å². The van der Waals surface area contributed by atoms with Gasteiger partial charge in [0.2, 0.25) is 0 Å². The first kappa shape index (κ1) is 8.35. The lowest BCUT2D eigenvalue weighted by Gasteiger charge is -2.20. The molecular formula is C10H13NO2. The van der Waals surface area contributed by atoms with Crippen LogP contribution in [0.2, 0.25) is 0 Å². The molecule has 1 aliphatic rings. The quantitative estimate of drug-likeness (QED) is 0.657. The van der Waals surface area contributed by atoms with E-state index < -0.39 is 0 Å². The van der Waals surface area contributed by atoms with Gasteiger partial charge >= 0.3 is 0 Å². The highest BCUT2D eigenvalue weighted by molar-refractivity contribution is 5.95. The van der Waals surface area contributed by atoms with Crippen LogP contribution in [0.25, 0.3) is 0 Å². The summed E-state index contributed by atoms with van der Waals surface area (Å²) in [4.78, 5) is 11.5. The van der Waals surface area contributed by atoms with Gasteiger partial charge in [0, 0.05) is 13.0 Å². The first-order chi connectivity index (χ1) is 6.08. The highest BCUT2D eigenvalue weighted by atomic mass is 16.3. The molecule has 1 amide bonds. The Labute approximate surface area is 77.1 Å². The number of nitrogens with one attached hydrogen (secondary N) is 1. The zero-order valence-corrected chi connectivity index (χ0v) is 7.89. The Morgan fingerprint density at radius 2 is 2.31 bits per heavy atom. The van der Waals surface area contributed by atoms with Crippen molar-refractivity contribution >= 4 is 5.91 Å². The summed E-state index contributed by atoms with van der Waals surface area (Å²) >= 11 is 0. The molecule has 3 heteroatoms. The van der Waals surface area contributed by atoms with E-state index in [0.29, 0.717) is 12.1 Å². The minimum Gasteiger partial charge on any atom is -0.468 e. The summed E-state index contributed by atoms with van der Waals surface area (Å²) in [5.74, 6) is 0.786. The highest BCUT2D eigenvalue weighted by Crippen LogP contribution is 2.26. The fourth-order valence-electron chi connectivity index (χ4n) is 1.59. The summed E-state index contributed by atoms with van der Waals surface area (Å²) in [6, 6.07) is 1.73. The number of amides is 1. The molecule has 2 rings (SSSR count). The van der Waals surface area contributed by atoms with Crippen LogP contribution in [-0.2, 0) is 6.42 Å². The lowest BCUT2D eigenvalue weighted by atomic mass is 9.88. The highest BCUT2D eigenvalue weighted by Gasteiger charge is 2.28. The summed E-state index contributed by atoms with van der Waals surface area (Å²) in [7, 11) is 0. The Kier molecular flexibility index (Phi) is 1.68. The Morgan fingerprint density at radius 1 is 1.54 bits per heavy atom. The molecule has 0 atom stereocenters. The van der Waals surface area contributed by atoms with Crippen LogP contribution in [0.5, 0.6) is 0 Å². The maximum absolute atomic E-state index is 11.5. The molecule has 1 aliphatic heterocycles. The third-order valence-corrected chi connectivity index (χ3v) is 2.36. The number of fused-ring (bicyclic) bond motifs is 1. The summed E-state index contributed by atoms with van der Waals surface area (Å²) < 4.78 is 5.28. The van der Waals surface area contributed by atoms with Crippen molar-refractivity contribution in [2.75, 3.05) is 6.54 Å². The second-order valence-electron chi connectivity index (χ2n) is 4.28. The van der Waals surface area contributed by atoms with E-state index in [9.17, 15) is 4.79 Å². The maximum Gasteiger partial charge on any atom is 0.254 e. The van der Waals surface area contributed by atoms with Crippen molar-refractivity contribution in [3.63, 3.8) is 0 Å². The minimum absolute atomic E-state index is 0.0191. The van der Waals surface area contributed by atoms with Crippen molar-refractivity contribution in [2.45, 2.75) is 20.3 Å². The van der Waals surface area contributed by atoms with Gasteiger partial charge in [-0.1, -0.05) is 13.8 Å². The van der Waals surface area contributed by atoms with E-state index in [1.54, 1.807) is 12.3 Å². The molecule has 0 spiro atoms. The molecule has 2 heterocycles. The largest absolute Gasteiger partial charge is 0.468 e. The van der Waals surface area contributed by atoms with Gasteiger partial charge in [-0.3, -0.25) is 4.79 Å². The van der Waals surface area contributed by atoms with Crippen LogP contribution >= 0.6 is 0 Å². The smallest absolute Gasteiger partial charge is 0.254 e. The van der Waals surface area contributed by atoms with Crippen molar-refractivity contribution in [3.8, 4) is 0 Å². The van der Waals surface area contributed by atoms with Gasteiger partial charge in [0.15, 0.2) is 0 Å². The van der Waals surface area contributed by atoms with Crippen LogP contribution in [0.15, 0.2) is 16.7 Å². The molecule has 0 aliphatic carbocycles. The summed E-state index contributed by atoms with van der Waals surface area (Å²) in [5.41, 5.74) is 0.768. The Bertz CT molecular complexity index is 338. The average Bonchev–Trinajstić information content (AvgIpc) is 2.44. The predicted molar refractivity (Wildman–Crippen MR) is 48.5 cm³/mol. The van der Waals surface area contributed by atoms with Crippen molar-refractivity contribution in [2.24, 2.45) is 5.41 Å². The van der Waals surface area contributed by atoms with Crippen molar-refractivity contribution < 1.29 is 9.21 Å². The van der Waals surface area contributed by atoms with Crippen LogP contribution in [0, 0.1) is 5.41 Å². The molecule has 0 radical (unpaired) electrons. The number of hydrogen-bond acceptors (Lipinski definition) is 2. The van der Waals surface area contributed by atoms with Crippen LogP contribution in [0.1, 0.15) is 30.0 Å². The van der Waals surface area contributed by atoms with Gasteiger partial charge in [-0.2, -0.15) is 0 Å². The fourth-order valence-corrected chi connectivity index (χ4v) is 1.59. The van der Waals surface area contributed by atoms with Gasteiger partial charge in [-0.25, -0.2) is 0 Å². The Hall–Kier alpha value is -1.25. The van der Waals surface area contributed by atoms with Crippen LogP contribution in [0.4, 0.5) is 0 Å². The fraction of sp³-hybridized carbons (Fsp3) is 0.500. The number of furan rings is 1. The molecule has 0 saturated carbocycles. The first-order valence-electron chi connectivity index (χ1n) is 4.43. The minimum atomic E-state index is -0.0191. The third-order valence-electron chi connectivity index (χ3n) is 2.36. The summed E-state index contributed by atoms with van der Waals surface area (Å²) in [6.07, 6.45) is 2.39. The molecule has 1 N–H and O–H groups in total. The van der Waals surface area contributed by atoms with Gasteiger partial charge in [-0.05, 0) is 11.5 Å². The van der Waals surface area contributed by atoms with E-state index in [-0.39, 0.29) is 11.3 Å². The molecule has 0 aromatic carbocycles. The second-order valence-corrected chi connectivity index (χ2v) is 4.28. The molecule has 3 nitrogen and oxygen atoms in total. The molecule has 70 valence electrons. The van der Waals surface area contributed by atoms with Gasteiger partial charge in [-0.15, -0.1) is 0 Å². The van der Waals surface area contributed by atoms with Crippen molar-refractivity contribution in [3.05, 3.63) is 23.7 Å². The average molecular weight is 179 g/mol. The molecule has 0 unspecified atom stereocenters. The Morgan fingerprint density at radius 3 is 3.08 bits per heavy atom. The normalized spacial score (nSPS) is 20.3. The van der Waals surface area contributed by atoms with E-state index in [4.69, 9.17) is 4.42 Å². The second kappa shape index (κ2) is 2.62. The number of rotatable bonds is 0. The molecule has 1 aromatic heterocycles. The van der Waals surface area contributed by atoms with E-state index in [1.807, 2.05) is 0 Å². The molecule has 0 bridgehead atoms. The van der Waals surface area contributed by atoms with Crippen molar-refractivity contribution in [1.82, 2.24) is 5.32 Å². The lowest BCUT2D eigenvalue weighted by Crippen LogP contribution is -2.31. The molecule has 13 heavy (non-hydrogen) atoms. The van der Waals surface area contributed by atoms with Crippen LogP contribution in [-0.4, -0.2) is 12.5 Å². The van der Waals surface area contributed by atoms with E-state index in [1.165, 1.54) is 0 Å². The maximum atomic E-state index is 11.5. The van der Waals surface area contributed by atoms with Crippen LogP contribution < -0.4 is 5.32 Å². The first-order valence-corrected chi connectivity index (χ1v) is 4.43. The van der Waals surface area contributed by atoms with E-state index >= 15 is 0 Å². The van der Waals surface area contributed by atoms with Crippen LogP contribution in [0.3, 0.4) is 0 Å². The molecule has 1 aromatic rings. The molecular weight excluding hydrogens is 166 g/mol. The molecule has 0 fully saturated rings. The summed E-state index contributed by atoms with van der Waals surface area (Å²) in [5, 5.41) is 2.88. The zero-order valence-electron chi connectivity index (χ0n) is 7.89. The number of hydrogen-bond donors (Lipinski definition) is 1. The Balaban J connectivity index is 2.41. The lowest BCUT2D eigenvalue weighted by molar-refractivity contribution is 0.0945. The van der Waals surface area contributed by atoms with Gasteiger partial charge < -0.3 is 9.73 Å². The number of carbonyl (C=O) groups excluding carboxylic acids is 1. The number of carbonyl (C=O) groups is 1. The SMILES string of the molecule is CC1(C)CNC(=O)c2ccoc2C1.